The lowest BCUT2D eigenvalue weighted by Gasteiger charge is -2.16. The molecule has 0 fully saturated rings. The summed E-state index contributed by atoms with van der Waals surface area (Å²) in [5, 5.41) is 4.06. The molecule has 0 saturated heterocycles. The van der Waals surface area contributed by atoms with E-state index in [1.807, 2.05) is 0 Å². The van der Waals surface area contributed by atoms with E-state index in [1.54, 1.807) is 17.3 Å². The highest BCUT2D eigenvalue weighted by Crippen LogP contribution is 2.19. The van der Waals surface area contributed by atoms with Crippen LogP contribution in [0.2, 0.25) is 0 Å². The zero-order valence-electron chi connectivity index (χ0n) is 7.26. The molecule has 2 rings (SSSR count). The van der Waals surface area contributed by atoms with E-state index < -0.39 is 0 Å². The van der Waals surface area contributed by atoms with Crippen molar-refractivity contribution >= 4 is 18.1 Å². The third kappa shape index (κ3) is 2.29. The van der Waals surface area contributed by atoms with E-state index in [1.165, 1.54) is 5.70 Å². The summed E-state index contributed by atoms with van der Waals surface area (Å²) in [5.74, 6) is 0. The highest BCUT2D eigenvalue weighted by molar-refractivity contribution is 5.85. The number of allylic oxidation sites excluding steroid dienone is 1. The fraction of sp³-hybridized carbons (Fsp3) is 0.500. The molecule has 1 unspecified atom stereocenters. The number of rotatable bonds is 1. The van der Waals surface area contributed by atoms with Crippen molar-refractivity contribution < 1.29 is 0 Å². The number of nitrogens with zero attached hydrogens (tertiary/aromatic N) is 3. The molecule has 0 saturated carbocycles. The first-order chi connectivity index (χ1) is 5.86. The SMILES string of the molecule is Cl.NC1C=C(n2cncn2)CCC1. The van der Waals surface area contributed by atoms with Gasteiger partial charge in [0.15, 0.2) is 0 Å². The predicted octanol–water partition coefficient (Wildman–Crippen LogP) is 1.05. The summed E-state index contributed by atoms with van der Waals surface area (Å²) in [6, 6.07) is 0.193. The van der Waals surface area contributed by atoms with Gasteiger partial charge in [0, 0.05) is 11.7 Å². The molecule has 1 heterocycles. The first-order valence-electron chi connectivity index (χ1n) is 4.17. The molecular weight excluding hydrogens is 188 g/mol. The van der Waals surface area contributed by atoms with E-state index in [9.17, 15) is 0 Å². The quantitative estimate of drug-likeness (QED) is 0.738. The molecule has 5 heteroatoms. The first kappa shape index (κ1) is 10.2. The van der Waals surface area contributed by atoms with Crippen molar-refractivity contribution in [2.75, 3.05) is 0 Å². The second-order valence-electron chi connectivity index (χ2n) is 3.05. The summed E-state index contributed by atoms with van der Waals surface area (Å²) in [7, 11) is 0. The van der Waals surface area contributed by atoms with Crippen molar-refractivity contribution in [1.82, 2.24) is 14.8 Å². The van der Waals surface area contributed by atoms with Crippen molar-refractivity contribution in [3.63, 3.8) is 0 Å². The van der Waals surface area contributed by atoms with E-state index in [-0.39, 0.29) is 18.4 Å². The molecule has 0 aliphatic heterocycles. The van der Waals surface area contributed by atoms with Gasteiger partial charge in [-0.05, 0) is 25.3 Å². The van der Waals surface area contributed by atoms with Gasteiger partial charge in [-0.2, -0.15) is 5.10 Å². The summed E-state index contributed by atoms with van der Waals surface area (Å²) < 4.78 is 1.79. The van der Waals surface area contributed by atoms with Crippen LogP contribution in [-0.4, -0.2) is 20.8 Å². The third-order valence-electron chi connectivity index (χ3n) is 2.09. The Bertz CT molecular complexity index is 280. The first-order valence-corrected chi connectivity index (χ1v) is 4.17. The fourth-order valence-electron chi connectivity index (χ4n) is 1.48. The van der Waals surface area contributed by atoms with Gasteiger partial charge >= 0.3 is 0 Å². The normalized spacial score (nSPS) is 21.9. The molecule has 1 atom stereocenters. The monoisotopic (exact) mass is 200 g/mol. The van der Waals surface area contributed by atoms with Crippen LogP contribution in [0.15, 0.2) is 18.7 Å². The maximum atomic E-state index is 5.79. The van der Waals surface area contributed by atoms with E-state index in [4.69, 9.17) is 5.73 Å². The van der Waals surface area contributed by atoms with Gasteiger partial charge in [-0.15, -0.1) is 12.4 Å². The predicted molar refractivity (Wildman–Crippen MR) is 53.4 cm³/mol. The Balaban J connectivity index is 0.000000845. The molecular formula is C8H13ClN4. The lowest BCUT2D eigenvalue weighted by Crippen LogP contribution is -2.21. The Labute approximate surface area is 83.2 Å². The maximum Gasteiger partial charge on any atom is 0.138 e. The molecule has 0 amide bonds. The Morgan fingerprint density at radius 2 is 2.38 bits per heavy atom. The molecule has 0 radical (unpaired) electrons. The van der Waals surface area contributed by atoms with Crippen molar-refractivity contribution in [2.45, 2.75) is 25.3 Å². The molecule has 0 spiro atoms. The van der Waals surface area contributed by atoms with Gasteiger partial charge < -0.3 is 5.73 Å². The summed E-state index contributed by atoms with van der Waals surface area (Å²) in [6.45, 7) is 0. The van der Waals surface area contributed by atoms with Gasteiger partial charge in [0.25, 0.3) is 0 Å². The van der Waals surface area contributed by atoms with E-state index in [2.05, 4.69) is 16.2 Å². The Morgan fingerprint density at radius 1 is 1.54 bits per heavy atom. The number of aromatic nitrogens is 3. The molecule has 0 bridgehead atoms. The van der Waals surface area contributed by atoms with Crippen LogP contribution in [0.3, 0.4) is 0 Å². The third-order valence-corrected chi connectivity index (χ3v) is 2.09. The molecule has 1 aliphatic carbocycles. The van der Waals surface area contributed by atoms with Gasteiger partial charge in [-0.1, -0.05) is 0 Å². The zero-order valence-corrected chi connectivity index (χ0v) is 8.07. The highest BCUT2D eigenvalue weighted by Gasteiger charge is 2.10. The Kier molecular flexibility index (Phi) is 3.45. The van der Waals surface area contributed by atoms with E-state index >= 15 is 0 Å². The molecule has 1 aromatic heterocycles. The van der Waals surface area contributed by atoms with Crippen LogP contribution >= 0.6 is 12.4 Å². The van der Waals surface area contributed by atoms with E-state index in [0.717, 1.165) is 19.3 Å². The summed E-state index contributed by atoms with van der Waals surface area (Å²) in [5.41, 5.74) is 6.97. The molecule has 0 aromatic carbocycles. The van der Waals surface area contributed by atoms with Crippen LogP contribution in [0.4, 0.5) is 0 Å². The smallest absolute Gasteiger partial charge is 0.138 e. The molecule has 2 N–H and O–H groups in total. The van der Waals surface area contributed by atoms with Gasteiger partial charge in [-0.3, -0.25) is 0 Å². The van der Waals surface area contributed by atoms with Crippen molar-refractivity contribution in [2.24, 2.45) is 5.73 Å². The van der Waals surface area contributed by atoms with Crippen LogP contribution in [0, 0.1) is 0 Å². The number of nitrogens with two attached hydrogens (primary N) is 1. The number of halogens is 1. The van der Waals surface area contributed by atoms with Gasteiger partial charge in [0.05, 0.1) is 0 Å². The molecule has 1 aliphatic rings. The van der Waals surface area contributed by atoms with Crippen LogP contribution in [0.25, 0.3) is 5.70 Å². The van der Waals surface area contributed by atoms with Crippen molar-refractivity contribution in [1.29, 1.82) is 0 Å². The van der Waals surface area contributed by atoms with Gasteiger partial charge in [0.2, 0.25) is 0 Å². The average Bonchev–Trinajstić information content (AvgIpc) is 2.56. The van der Waals surface area contributed by atoms with Crippen molar-refractivity contribution in [3.05, 3.63) is 18.7 Å². The molecule has 13 heavy (non-hydrogen) atoms. The molecule has 1 aromatic rings. The topological polar surface area (TPSA) is 56.7 Å². The molecule has 4 nitrogen and oxygen atoms in total. The van der Waals surface area contributed by atoms with Crippen molar-refractivity contribution in [3.8, 4) is 0 Å². The van der Waals surface area contributed by atoms with Crippen LogP contribution in [0.5, 0.6) is 0 Å². The maximum absolute atomic E-state index is 5.79. The minimum absolute atomic E-state index is 0. The summed E-state index contributed by atoms with van der Waals surface area (Å²) in [4.78, 5) is 3.89. The van der Waals surface area contributed by atoms with Crippen LogP contribution in [0.1, 0.15) is 19.3 Å². The van der Waals surface area contributed by atoms with Gasteiger partial charge in [0.1, 0.15) is 12.7 Å². The van der Waals surface area contributed by atoms with Gasteiger partial charge in [-0.25, -0.2) is 9.67 Å². The lowest BCUT2D eigenvalue weighted by molar-refractivity contribution is 0.630. The summed E-state index contributed by atoms with van der Waals surface area (Å²) >= 11 is 0. The Hall–Kier alpha value is -0.870. The standard InChI is InChI=1S/C8H12N4.ClH/c9-7-2-1-3-8(4-7)12-6-10-5-11-12;/h4-7H,1-3,9H2;1H. The largest absolute Gasteiger partial charge is 0.324 e. The van der Waals surface area contributed by atoms with Crippen LogP contribution < -0.4 is 5.73 Å². The average molecular weight is 201 g/mol. The fourth-order valence-corrected chi connectivity index (χ4v) is 1.48. The van der Waals surface area contributed by atoms with Crippen LogP contribution in [-0.2, 0) is 0 Å². The zero-order chi connectivity index (χ0) is 8.39. The Morgan fingerprint density at radius 3 is 3.00 bits per heavy atom. The number of hydrogen-bond donors (Lipinski definition) is 1. The highest BCUT2D eigenvalue weighted by atomic mass is 35.5. The molecule has 72 valence electrons. The number of hydrogen-bond acceptors (Lipinski definition) is 3. The second-order valence-corrected chi connectivity index (χ2v) is 3.05. The lowest BCUT2D eigenvalue weighted by atomic mass is 10.0. The van der Waals surface area contributed by atoms with E-state index in [0.29, 0.717) is 0 Å². The minimum atomic E-state index is 0. The minimum Gasteiger partial charge on any atom is -0.324 e. The summed E-state index contributed by atoms with van der Waals surface area (Å²) in [6.07, 6.45) is 8.60. The second kappa shape index (κ2) is 4.39.